The predicted octanol–water partition coefficient (Wildman–Crippen LogP) is 5.66. The molecule has 3 aromatic carbocycles. The number of benzene rings is 3. The van der Waals surface area contributed by atoms with Gasteiger partial charge in [0, 0.05) is 45.0 Å². The lowest BCUT2D eigenvalue weighted by Crippen LogP contribution is -2.31. The highest BCUT2D eigenvalue weighted by molar-refractivity contribution is 7.89. The van der Waals surface area contributed by atoms with E-state index >= 15 is 0 Å². The number of nitrogens with one attached hydrogen (secondary N) is 1. The third-order valence-electron chi connectivity index (χ3n) is 5.54. The average Bonchev–Trinajstić information content (AvgIpc) is 2.78. The van der Waals surface area contributed by atoms with Crippen LogP contribution in [0.5, 0.6) is 0 Å². The van der Waals surface area contributed by atoms with Crippen molar-refractivity contribution >= 4 is 27.3 Å². The first-order chi connectivity index (χ1) is 16.8. The van der Waals surface area contributed by atoms with Crippen LogP contribution in [-0.2, 0) is 27.9 Å². The fourth-order valence-corrected chi connectivity index (χ4v) is 5.28. The number of nitrogens with zero attached hydrogens (tertiary/aromatic N) is 2. The van der Waals surface area contributed by atoms with E-state index in [1.165, 1.54) is 16.4 Å². The zero-order chi connectivity index (χ0) is 26.5. The summed E-state index contributed by atoms with van der Waals surface area (Å²) in [6, 6.07) is 19.6. The first-order valence-corrected chi connectivity index (χ1v) is 13.2. The van der Waals surface area contributed by atoms with Gasteiger partial charge >= 0.3 is 0 Å². The van der Waals surface area contributed by atoms with Gasteiger partial charge in [0.15, 0.2) is 0 Å². The molecule has 1 amide bonds. The van der Waals surface area contributed by atoms with Crippen molar-refractivity contribution in [3.63, 3.8) is 0 Å². The maximum atomic E-state index is 13.7. The Bertz CT molecular complexity index is 1290. The molecule has 3 aromatic rings. The van der Waals surface area contributed by atoms with E-state index in [9.17, 15) is 17.6 Å². The molecule has 192 valence electrons. The quantitative estimate of drug-likeness (QED) is 0.403. The summed E-state index contributed by atoms with van der Waals surface area (Å²) in [5.74, 6) is -0.608. The van der Waals surface area contributed by atoms with E-state index in [-0.39, 0.29) is 29.3 Å². The van der Waals surface area contributed by atoms with E-state index in [1.54, 1.807) is 0 Å². The fourth-order valence-electron chi connectivity index (χ4n) is 3.87. The summed E-state index contributed by atoms with van der Waals surface area (Å²) in [6.45, 7) is 6.18. The van der Waals surface area contributed by atoms with Crippen LogP contribution in [0, 0.1) is 11.2 Å². The molecule has 0 aliphatic carbocycles. The number of sulfonamides is 1. The number of anilines is 2. The Balaban J connectivity index is 2.00. The summed E-state index contributed by atoms with van der Waals surface area (Å²) in [6.07, 6.45) is 0.358. The SMILES string of the molecule is CN(C)c1ccc(NC(=O)CC(C)(C)C)cc1CN(Cc1ccccc1)S(=O)(=O)c1ccc(F)cc1. The van der Waals surface area contributed by atoms with Gasteiger partial charge in [0.05, 0.1) is 4.90 Å². The smallest absolute Gasteiger partial charge is 0.243 e. The Morgan fingerprint density at radius 2 is 1.56 bits per heavy atom. The van der Waals surface area contributed by atoms with Gasteiger partial charge in [0.2, 0.25) is 15.9 Å². The lowest BCUT2D eigenvalue weighted by Gasteiger charge is -2.26. The van der Waals surface area contributed by atoms with Crippen LogP contribution >= 0.6 is 0 Å². The molecule has 0 atom stereocenters. The molecule has 0 saturated heterocycles. The Kier molecular flexibility index (Phi) is 8.53. The molecular weight excluding hydrogens is 477 g/mol. The molecule has 0 heterocycles. The molecule has 0 unspecified atom stereocenters. The van der Waals surface area contributed by atoms with E-state index < -0.39 is 15.8 Å². The van der Waals surface area contributed by atoms with E-state index in [4.69, 9.17) is 0 Å². The van der Waals surface area contributed by atoms with Crippen LogP contribution in [0.2, 0.25) is 0 Å². The summed E-state index contributed by atoms with van der Waals surface area (Å²) in [5, 5.41) is 2.94. The summed E-state index contributed by atoms with van der Waals surface area (Å²) >= 11 is 0. The normalized spacial score (nSPS) is 12.0. The minimum absolute atomic E-state index is 0.0147. The van der Waals surface area contributed by atoms with Crippen molar-refractivity contribution < 1.29 is 17.6 Å². The van der Waals surface area contributed by atoms with Crippen molar-refractivity contribution in [2.24, 2.45) is 5.41 Å². The van der Waals surface area contributed by atoms with Gasteiger partial charge in [0.1, 0.15) is 5.82 Å². The molecule has 1 N–H and O–H groups in total. The average molecular weight is 512 g/mol. The second-order valence-corrected chi connectivity index (χ2v) is 12.2. The molecule has 8 heteroatoms. The third kappa shape index (κ3) is 7.38. The fraction of sp³-hybridized carbons (Fsp3) is 0.321. The van der Waals surface area contributed by atoms with Gasteiger partial charge in [-0.05, 0) is 59.0 Å². The Hall–Kier alpha value is -3.23. The minimum atomic E-state index is -3.96. The minimum Gasteiger partial charge on any atom is -0.377 e. The van der Waals surface area contributed by atoms with Gasteiger partial charge in [-0.2, -0.15) is 4.31 Å². The number of rotatable bonds is 9. The largest absolute Gasteiger partial charge is 0.377 e. The van der Waals surface area contributed by atoms with E-state index in [2.05, 4.69) is 5.32 Å². The Labute approximate surface area is 213 Å². The number of amides is 1. The van der Waals surface area contributed by atoms with Crippen LogP contribution in [0.15, 0.2) is 77.7 Å². The summed E-state index contributed by atoms with van der Waals surface area (Å²) in [7, 11) is -0.193. The summed E-state index contributed by atoms with van der Waals surface area (Å²) < 4.78 is 42.2. The Morgan fingerprint density at radius 3 is 2.14 bits per heavy atom. The second-order valence-electron chi connectivity index (χ2n) is 10.2. The maximum Gasteiger partial charge on any atom is 0.243 e. The molecule has 0 bridgehead atoms. The molecule has 0 saturated carbocycles. The molecule has 6 nitrogen and oxygen atoms in total. The van der Waals surface area contributed by atoms with E-state index in [0.29, 0.717) is 12.1 Å². The van der Waals surface area contributed by atoms with Crippen LogP contribution in [0.3, 0.4) is 0 Å². The first-order valence-electron chi connectivity index (χ1n) is 11.7. The topological polar surface area (TPSA) is 69.7 Å². The summed E-state index contributed by atoms with van der Waals surface area (Å²) in [4.78, 5) is 14.5. The van der Waals surface area contributed by atoms with Crippen molar-refractivity contribution in [1.29, 1.82) is 0 Å². The van der Waals surface area contributed by atoms with E-state index in [0.717, 1.165) is 28.9 Å². The second kappa shape index (κ2) is 11.2. The molecule has 0 aliphatic rings. The Morgan fingerprint density at radius 1 is 0.917 bits per heavy atom. The highest BCUT2D eigenvalue weighted by Gasteiger charge is 2.26. The molecular formula is C28H34FN3O3S. The van der Waals surface area contributed by atoms with Gasteiger partial charge < -0.3 is 10.2 Å². The van der Waals surface area contributed by atoms with Crippen LogP contribution in [0.4, 0.5) is 15.8 Å². The van der Waals surface area contributed by atoms with Crippen molar-refractivity contribution in [2.75, 3.05) is 24.3 Å². The maximum absolute atomic E-state index is 13.7. The zero-order valence-electron chi connectivity index (χ0n) is 21.5. The molecule has 0 radical (unpaired) electrons. The van der Waals surface area contributed by atoms with Crippen molar-refractivity contribution in [3.8, 4) is 0 Å². The standard InChI is InChI=1S/C28H34FN3O3S/c1-28(2,3)18-27(33)30-24-13-16-26(31(4)5)22(17-24)20-32(19-21-9-7-6-8-10-21)36(34,35)25-14-11-23(29)12-15-25/h6-17H,18-20H2,1-5H3,(H,30,33). The number of halogens is 1. The number of hydrogen-bond acceptors (Lipinski definition) is 4. The van der Waals surface area contributed by atoms with Gasteiger partial charge in [-0.15, -0.1) is 0 Å². The summed E-state index contributed by atoms with van der Waals surface area (Å²) in [5.41, 5.74) is 2.82. The highest BCUT2D eigenvalue weighted by Crippen LogP contribution is 2.29. The zero-order valence-corrected chi connectivity index (χ0v) is 22.3. The third-order valence-corrected chi connectivity index (χ3v) is 7.34. The van der Waals surface area contributed by atoms with Gasteiger partial charge in [-0.1, -0.05) is 51.1 Å². The van der Waals surface area contributed by atoms with Crippen LogP contribution in [0.25, 0.3) is 0 Å². The van der Waals surface area contributed by atoms with Gasteiger partial charge in [0.25, 0.3) is 0 Å². The van der Waals surface area contributed by atoms with Crippen molar-refractivity contribution in [1.82, 2.24) is 4.31 Å². The highest BCUT2D eigenvalue weighted by atomic mass is 32.2. The number of carbonyl (C=O) groups excluding carboxylic acids is 1. The number of hydrogen-bond donors (Lipinski definition) is 1. The molecule has 36 heavy (non-hydrogen) atoms. The van der Waals surface area contributed by atoms with Crippen molar-refractivity contribution in [2.45, 2.75) is 45.2 Å². The lowest BCUT2D eigenvalue weighted by atomic mass is 9.92. The van der Waals surface area contributed by atoms with Crippen LogP contribution in [-0.4, -0.2) is 32.7 Å². The molecule has 0 aliphatic heterocycles. The molecule has 0 aromatic heterocycles. The van der Waals surface area contributed by atoms with Gasteiger partial charge in [-0.3, -0.25) is 4.79 Å². The molecule has 0 fully saturated rings. The van der Waals surface area contributed by atoms with Crippen molar-refractivity contribution in [3.05, 3.63) is 89.7 Å². The van der Waals surface area contributed by atoms with E-state index in [1.807, 2.05) is 88.3 Å². The van der Waals surface area contributed by atoms with Gasteiger partial charge in [-0.25, -0.2) is 12.8 Å². The number of carbonyl (C=O) groups is 1. The molecule has 3 rings (SSSR count). The molecule has 0 spiro atoms. The first kappa shape index (κ1) is 27.4. The lowest BCUT2D eigenvalue weighted by molar-refractivity contribution is -0.117. The monoisotopic (exact) mass is 511 g/mol. The predicted molar refractivity (Wildman–Crippen MR) is 143 cm³/mol. The van der Waals surface area contributed by atoms with Crippen LogP contribution < -0.4 is 10.2 Å². The van der Waals surface area contributed by atoms with Crippen LogP contribution in [0.1, 0.15) is 38.3 Å².